The SMILES string of the molecule is CC1C=CC(O)(c2cccc(Br)c2)CC1. The van der Waals surface area contributed by atoms with Crippen molar-refractivity contribution in [1.82, 2.24) is 0 Å². The first-order chi connectivity index (χ1) is 7.10. The van der Waals surface area contributed by atoms with E-state index in [0.29, 0.717) is 5.92 Å². The predicted octanol–water partition coefficient (Wildman–Crippen LogP) is 3.62. The van der Waals surface area contributed by atoms with Crippen LogP contribution in [0, 0.1) is 5.92 Å². The van der Waals surface area contributed by atoms with Crippen molar-refractivity contribution in [3.05, 3.63) is 46.5 Å². The molecule has 0 aromatic heterocycles. The molecule has 1 nitrogen and oxygen atoms in total. The van der Waals surface area contributed by atoms with Gasteiger partial charge in [-0.25, -0.2) is 0 Å². The Labute approximate surface area is 99.0 Å². The van der Waals surface area contributed by atoms with Crippen molar-refractivity contribution in [2.24, 2.45) is 5.92 Å². The second kappa shape index (κ2) is 4.11. The lowest BCUT2D eigenvalue weighted by atomic mass is 9.81. The molecular weight excluding hydrogens is 252 g/mol. The van der Waals surface area contributed by atoms with E-state index in [-0.39, 0.29) is 0 Å². The van der Waals surface area contributed by atoms with Gasteiger partial charge in [-0.1, -0.05) is 47.1 Å². The third-order valence-corrected chi connectivity index (χ3v) is 3.50. The number of hydrogen-bond acceptors (Lipinski definition) is 1. The lowest BCUT2D eigenvalue weighted by molar-refractivity contribution is 0.0673. The predicted molar refractivity (Wildman–Crippen MR) is 65.6 cm³/mol. The van der Waals surface area contributed by atoms with Crippen molar-refractivity contribution >= 4 is 15.9 Å². The molecule has 1 aromatic carbocycles. The average Bonchev–Trinajstić information content (AvgIpc) is 2.23. The fraction of sp³-hybridized carbons (Fsp3) is 0.385. The van der Waals surface area contributed by atoms with Crippen LogP contribution in [-0.2, 0) is 5.60 Å². The third kappa shape index (κ3) is 2.32. The summed E-state index contributed by atoms with van der Waals surface area (Å²) in [7, 11) is 0. The van der Waals surface area contributed by atoms with Crippen LogP contribution in [0.15, 0.2) is 40.9 Å². The highest BCUT2D eigenvalue weighted by Gasteiger charge is 2.29. The van der Waals surface area contributed by atoms with Gasteiger partial charge in [0, 0.05) is 4.47 Å². The monoisotopic (exact) mass is 266 g/mol. The summed E-state index contributed by atoms with van der Waals surface area (Å²) in [6.45, 7) is 2.18. The molecule has 1 aliphatic rings. The van der Waals surface area contributed by atoms with Gasteiger partial charge < -0.3 is 5.11 Å². The summed E-state index contributed by atoms with van der Waals surface area (Å²) in [5.74, 6) is 0.581. The van der Waals surface area contributed by atoms with Crippen LogP contribution in [0.4, 0.5) is 0 Å². The highest BCUT2D eigenvalue weighted by Crippen LogP contribution is 2.35. The Morgan fingerprint density at radius 3 is 2.87 bits per heavy atom. The number of benzene rings is 1. The summed E-state index contributed by atoms with van der Waals surface area (Å²) in [4.78, 5) is 0. The summed E-state index contributed by atoms with van der Waals surface area (Å²) in [5.41, 5.74) is 0.205. The van der Waals surface area contributed by atoms with Crippen LogP contribution in [0.25, 0.3) is 0 Å². The van der Waals surface area contributed by atoms with Gasteiger partial charge in [-0.2, -0.15) is 0 Å². The van der Waals surface area contributed by atoms with Crippen LogP contribution in [-0.4, -0.2) is 5.11 Å². The molecule has 1 N–H and O–H groups in total. The minimum absolute atomic E-state index is 0.581. The summed E-state index contributed by atoms with van der Waals surface area (Å²) in [5, 5.41) is 10.5. The zero-order valence-corrected chi connectivity index (χ0v) is 10.4. The molecule has 15 heavy (non-hydrogen) atoms. The second-order valence-corrected chi connectivity index (χ2v) is 5.23. The van der Waals surface area contributed by atoms with Gasteiger partial charge in [-0.3, -0.25) is 0 Å². The van der Waals surface area contributed by atoms with Crippen LogP contribution in [0.3, 0.4) is 0 Å². The van der Waals surface area contributed by atoms with Gasteiger partial charge in [0.2, 0.25) is 0 Å². The molecule has 0 aliphatic heterocycles. The maximum absolute atomic E-state index is 10.5. The highest BCUT2D eigenvalue weighted by atomic mass is 79.9. The van der Waals surface area contributed by atoms with Crippen molar-refractivity contribution in [1.29, 1.82) is 0 Å². The normalized spacial score (nSPS) is 30.5. The fourth-order valence-electron chi connectivity index (χ4n) is 1.95. The van der Waals surface area contributed by atoms with Gasteiger partial charge in [0.15, 0.2) is 0 Å². The van der Waals surface area contributed by atoms with Crippen LogP contribution < -0.4 is 0 Å². The molecule has 2 heteroatoms. The van der Waals surface area contributed by atoms with Crippen molar-refractivity contribution < 1.29 is 5.11 Å². The Hall–Kier alpha value is -0.600. The number of rotatable bonds is 1. The molecule has 2 rings (SSSR count). The van der Waals surface area contributed by atoms with Crippen molar-refractivity contribution in [2.75, 3.05) is 0 Å². The van der Waals surface area contributed by atoms with Crippen molar-refractivity contribution in [3.8, 4) is 0 Å². The molecule has 2 atom stereocenters. The first-order valence-corrected chi connectivity index (χ1v) is 6.07. The minimum atomic E-state index is -0.768. The van der Waals surface area contributed by atoms with E-state index in [4.69, 9.17) is 0 Å². The Balaban J connectivity index is 2.34. The van der Waals surface area contributed by atoms with E-state index < -0.39 is 5.60 Å². The van der Waals surface area contributed by atoms with E-state index in [0.717, 1.165) is 22.9 Å². The molecule has 0 spiro atoms. The maximum atomic E-state index is 10.5. The van der Waals surface area contributed by atoms with Gasteiger partial charge in [-0.05, 0) is 36.5 Å². The van der Waals surface area contributed by atoms with Gasteiger partial charge in [0.1, 0.15) is 5.60 Å². The van der Waals surface area contributed by atoms with E-state index in [9.17, 15) is 5.11 Å². The van der Waals surface area contributed by atoms with Crippen molar-refractivity contribution in [2.45, 2.75) is 25.4 Å². The summed E-state index contributed by atoms with van der Waals surface area (Å²) in [6.07, 6.45) is 5.88. The van der Waals surface area contributed by atoms with E-state index >= 15 is 0 Å². The zero-order chi connectivity index (χ0) is 10.9. The molecule has 80 valence electrons. The zero-order valence-electron chi connectivity index (χ0n) is 8.78. The Morgan fingerprint density at radius 1 is 1.47 bits per heavy atom. The lowest BCUT2D eigenvalue weighted by Gasteiger charge is -2.30. The summed E-state index contributed by atoms with van der Waals surface area (Å²) < 4.78 is 1.01. The first kappa shape index (κ1) is 10.9. The lowest BCUT2D eigenvalue weighted by Crippen LogP contribution is -2.26. The Morgan fingerprint density at radius 2 is 2.27 bits per heavy atom. The standard InChI is InChI=1S/C13H15BrO/c1-10-5-7-13(15,8-6-10)11-3-2-4-12(14)9-11/h2-5,7,9-10,15H,6,8H2,1H3. The van der Waals surface area contributed by atoms with Gasteiger partial charge in [0.25, 0.3) is 0 Å². The molecule has 0 fully saturated rings. The van der Waals surface area contributed by atoms with E-state index in [2.05, 4.69) is 28.9 Å². The molecule has 0 heterocycles. The highest BCUT2D eigenvalue weighted by molar-refractivity contribution is 9.10. The molecule has 0 saturated carbocycles. The third-order valence-electron chi connectivity index (χ3n) is 3.01. The summed E-state index contributed by atoms with van der Waals surface area (Å²) >= 11 is 3.43. The van der Waals surface area contributed by atoms with Gasteiger partial charge >= 0.3 is 0 Å². The molecule has 0 saturated heterocycles. The molecule has 2 unspecified atom stereocenters. The van der Waals surface area contributed by atoms with Gasteiger partial charge in [-0.15, -0.1) is 0 Å². The number of hydrogen-bond donors (Lipinski definition) is 1. The van der Waals surface area contributed by atoms with E-state index in [1.165, 1.54) is 0 Å². The summed E-state index contributed by atoms with van der Waals surface area (Å²) in [6, 6.07) is 7.90. The second-order valence-electron chi connectivity index (χ2n) is 4.31. The van der Waals surface area contributed by atoms with Crippen LogP contribution in [0.5, 0.6) is 0 Å². The maximum Gasteiger partial charge on any atom is 0.108 e. The van der Waals surface area contributed by atoms with Crippen LogP contribution in [0.2, 0.25) is 0 Å². The molecule has 1 aromatic rings. The topological polar surface area (TPSA) is 20.2 Å². The first-order valence-electron chi connectivity index (χ1n) is 5.28. The Bertz CT molecular complexity index is 386. The smallest absolute Gasteiger partial charge is 0.108 e. The Kier molecular flexibility index (Phi) is 2.98. The average molecular weight is 267 g/mol. The quantitative estimate of drug-likeness (QED) is 0.770. The molecule has 0 bridgehead atoms. The van der Waals surface area contributed by atoms with E-state index in [1.807, 2.05) is 30.3 Å². The molecule has 0 radical (unpaired) electrons. The largest absolute Gasteiger partial charge is 0.381 e. The molecule has 1 aliphatic carbocycles. The van der Waals surface area contributed by atoms with Gasteiger partial charge in [0.05, 0.1) is 0 Å². The number of aliphatic hydroxyl groups is 1. The van der Waals surface area contributed by atoms with E-state index in [1.54, 1.807) is 0 Å². The minimum Gasteiger partial charge on any atom is -0.381 e. The molecular formula is C13H15BrO. The fourth-order valence-corrected chi connectivity index (χ4v) is 2.35. The number of allylic oxidation sites excluding steroid dienone is 1. The van der Waals surface area contributed by atoms with Crippen LogP contribution in [0.1, 0.15) is 25.3 Å². The molecule has 0 amide bonds. The van der Waals surface area contributed by atoms with Crippen LogP contribution >= 0.6 is 15.9 Å². The number of halogens is 1. The van der Waals surface area contributed by atoms with Crippen molar-refractivity contribution in [3.63, 3.8) is 0 Å².